The highest BCUT2D eigenvalue weighted by Gasteiger charge is 2.20. The molecule has 96 valence electrons. The molecular formula is C14H16FNO2. The number of likely N-dealkylation sites (tertiary alicyclic amines) is 1. The molecule has 0 aliphatic carbocycles. The Bertz CT molecular complexity index is 478. The molecule has 0 radical (unpaired) electrons. The van der Waals surface area contributed by atoms with Crippen molar-refractivity contribution >= 4 is 0 Å². The smallest absolute Gasteiger partial charge is 0.124 e. The van der Waals surface area contributed by atoms with E-state index in [2.05, 4.69) is 16.7 Å². The van der Waals surface area contributed by atoms with Gasteiger partial charge in [0.25, 0.3) is 0 Å². The Morgan fingerprint density at radius 2 is 2.28 bits per heavy atom. The van der Waals surface area contributed by atoms with Gasteiger partial charge in [-0.15, -0.1) is 0 Å². The Morgan fingerprint density at radius 1 is 1.44 bits per heavy atom. The number of benzene rings is 1. The largest absolute Gasteiger partial charge is 0.392 e. The van der Waals surface area contributed by atoms with Crippen LogP contribution in [0.15, 0.2) is 18.2 Å². The Labute approximate surface area is 106 Å². The molecule has 1 aromatic rings. The van der Waals surface area contributed by atoms with Crippen molar-refractivity contribution in [2.45, 2.75) is 19.1 Å². The van der Waals surface area contributed by atoms with Crippen LogP contribution >= 0.6 is 0 Å². The van der Waals surface area contributed by atoms with E-state index in [0.29, 0.717) is 18.7 Å². The highest BCUT2D eigenvalue weighted by Crippen LogP contribution is 2.17. The summed E-state index contributed by atoms with van der Waals surface area (Å²) in [6.07, 6.45) is 0.510. The second-order valence-corrected chi connectivity index (χ2v) is 4.44. The van der Waals surface area contributed by atoms with Gasteiger partial charge in [0.15, 0.2) is 0 Å². The maximum Gasteiger partial charge on any atom is 0.124 e. The molecule has 1 aliphatic rings. The lowest BCUT2D eigenvalue weighted by Gasteiger charge is -2.16. The van der Waals surface area contributed by atoms with Crippen LogP contribution in [0, 0.1) is 17.7 Å². The van der Waals surface area contributed by atoms with Crippen LogP contribution in [-0.4, -0.2) is 40.9 Å². The van der Waals surface area contributed by atoms with Gasteiger partial charge in [0, 0.05) is 25.2 Å². The zero-order valence-electron chi connectivity index (χ0n) is 10.1. The predicted molar refractivity (Wildman–Crippen MR) is 66.3 cm³/mol. The zero-order chi connectivity index (χ0) is 13.0. The van der Waals surface area contributed by atoms with Crippen molar-refractivity contribution in [3.8, 4) is 11.8 Å². The summed E-state index contributed by atoms with van der Waals surface area (Å²) in [7, 11) is 0. The van der Waals surface area contributed by atoms with Gasteiger partial charge in [-0.05, 0) is 24.1 Å². The molecule has 1 saturated heterocycles. The lowest BCUT2D eigenvalue weighted by Crippen LogP contribution is -2.22. The maximum absolute atomic E-state index is 13.2. The van der Waals surface area contributed by atoms with Crippen LogP contribution in [0.1, 0.15) is 17.5 Å². The number of aliphatic hydroxyl groups excluding tert-OH is 2. The van der Waals surface area contributed by atoms with E-state index in [0.717, 1.165) is 18.5 Å². The number of hydrogen-bond acceptors (Lipinski definition) is 3. The number of β-amino-alcohol motifs (C(OH)–C–C–N with tert-alkyl or cyclic N) is 1. The third-order valence-corrected chi connectivity index (χ3v) is 3.02. The summed E-state index contributed by atoms with van der Waals surface area (Å²) in [6, 6.07) is 4.50. The first-order valence-corrected chi connectivity index (χ1v) is 5.97. The van der Waals surface area contributed by atoms with Gasteiger partial charge >= 0.3 is 0 Å². The Kier molecular flexibility index (Phi) is 4.32. The molecule has 1 aromatic carbocycles. The minimum Gasteiger partial charge on any atom is -0.392 e. The monoisotopic (exact) mass is 249 g/mol. The lowest BCUT2D eigenvalue weighted by atomic mass is 10.1. The van der Waals surface area contributed by atoms with Crippen molar-refractivity contribution in [2.24, 2.45) is 0 Å². The summed E-state index contributed by atoms with van der Waals surface area (Å²) in [5.41, 5.74) is 1.52. The van der Waals surface area contributed by atoms with E-state index in [1.807, 2.05) is 0 Å². The van der Waals surface area contributed by atoms with Crippen molar-refractivity contribution in [1.82, 2.24) is 4.90 Å². The molecule has 0 spiro atoms. The van der Waals surface area contributed by atoms with Crippen LogP contribution in [0.5, 0.6) is 0 Å². The van der Waals surface area contributed by atoms with Crippen LogP contribution < -0.4 is 0 Å². The molecule has 0 aromatic heterocycles. The van der Waals surface area contributed by atoms with Crippen molar-refractivity contribution in [3.05, 3.63) is 35.1 Å². The van der Waals surface area contributed by atoms with Gasteiger partial charge in [-0.3, -0.25) is 4.90 Å². The fourth-order valence-corrected chi connectivity index (χ4v) is 2.13. The SMILES string of the molecule is OCC#Cc1cc(F)ccc1CN1CCC(O)C1. The lowest BCUT2D eigenvalue weighted by molar-refractivity contribution is 0.174. The van der Waals surface area contributed by atoms with Crippen molar-refractivity contribution in [1.29, 1.82) is 0 Å². The van der Waals surface area contributed by atoms with Gasteiger partial charge in [-0.1, -0.05) is 17.9 Å². The standard InChI is InChI=1S/C14H16FNO2/c15-13-4-3-12(11(8-13)2-1-7-17)9-16-6-5-14(18)10-16/h3-4,8,14,17-18H,5-7,9-10H2. The number of nitrogens with zero attached hydrogens (tertiary/aromatic N) is 1. The number of rotatable bonds is 2. The molecule has 4 heteroatoms. The number of aliphatic hydroxyl groups is 2. The topological polar surface area (TPSA) is 43.7 Å². The molecule has 1 fully saturated rings. The summed E-state index contributed by atoms with van der Waals surface area (Å²) < 4.78 is 13.2. The van der Waals surface area contributed by atoms with Gasteiger partial charge in [0.05, 0.1) is 6.10 Å². The second kappa shape index (κ2) is 5.96. The highest BCUT2D eigenvalue weighted by atomic mass is 19.1. The van der Waals surface area contributed by atoms with Crippen LogP contribution in [0.2, 0.25) is 0 Å². The van der Waals surface area contributed by atoms with Crippen LogP contribution in [-0.2, 0) is 6.54 Å². The van der Waals surface area contributed by atoms with E-state index in [1.165, 1.54) is 12.1 Å². The fourth-order valence-electron chi connectivity index (χ4n) is 2.13. The molecular weight excluding hydrogens is 233 g/mol. The number of hydrogen-bond donors (Lipinski definition) is 2. The summed E-state index contributed by atoms with van der Waals surface area (Å²) in [6.45, 7) is 1.89. The van der Waals surface area contributed by atoms with Gasteiger partial charge in [-0.2, -0.15) is 0 Å². The van der Waals surface area contributed by atoms with E-state index < -0.39 is 0 Å². The first-order valence-electron chi connectivity index (χ1n) is 5.97. The minimum absolute atomic E-state index is 0.238. The van der Waals surface area contributed by atoms with Gasteiger partial charge in [-0.25, -0.2) is 4.39 Å². The molecule has 18 heavy (non-hydrogen) atoms. The van der Waals surface area contributed by atoms with Crippen LogP contribution in [0.25, 0.3) is 0 Å². The van der Waals surface area contributed by atoms with Gasteiger partial charge in [0.1, 0.15) is 12.4 Å². The Hall–Kier alpha value is -1.41. The molecule has 1 heterocycles. The molecule has 1 aliphatic heterocycles. The highest BCUT2D eigenvalue weighted by molar-refractivity contribution is 5.41. The molecule has 2 N–H and O–H groups in total. The average Bonchev–Trinajstić information content (AvgIpc) is 2.75. The molecule has 2 rings (SSSR count). The Morgan fingerprint density at radius 3 is 2.94 bits per heavy atom. The minimum atomic E-state index is -0.331. The van der Waals surface area contributed by atoms with Crippen LogP contribution in [0.3, 0.4) is 0 Å². The summed E-state index contributed by atoms with van der Waals surface area (Å²) in [5, 5.41) is 18.2. The van der Waals surface area contributed by atoms with E-state index in [4.69, 9.17) is 5.11 Å². The zero-order valence-corrected chi connectivity index (χ0v) is 10.1. The predicted octanol–water partition coefficient (Wildman–Crippen LogP) is 0.736. The first kappa shape index (κ1) is 13.0. The third kappa shape index (κ3) is 3.30. The fraction of sp³-hybridized carbons (Fsp3) is 0.429. The van der Waals surface area contributed by atoms with Crippen molar-refractivity contribution in [3.63, 3.8) is 0 Å². The van der Waals surface area contributed by atoms with Gasteiger partial charge in [0.2, 0.25) is 0 Å². The molecule has 1 unspecified atom stereocenters. The van der Waals surface area contributed by atoms with Gasteiger partial charge < -0.3 is 10.2 Å². The molecule has 1 atom stereocenters. The second-order valence-electron chi connectivity index (χ2n) is 4.44. The number of halogens is 1. The molecule has 0 saturated carbocycles. The maximum atomic E-state index is 13.2. The average molecular weight is 249 g/mol. The van der Waals surface area contributed by atoms with E-state index in [9.17, 15) is 9.50 Å². The third-order valence-electron chi connectivity index (χ3n) is 3.02. The molecule has 3 nitrogen and oxygen atoms in total. The normalized spacial score (nSPS) is 19.6. The van der Waals surface area contributed by atoms with E-state index >= 15 is 0 Å². The summed E-state index contributed by atoms with van der Waals surface area (Å²) in [4.78, 5) is 2.11. The summed E-state index contributed by atoms with van der Waals surface area (Å²) in [5.74, 6) is 4.97. The van der Waals surface area contributed by atoms with E-state index in [1.54, 1.807) is 6.07 Å². The van der Waals surface area contributed by atoms with Crippen molar-refractivity contribution < 1.29 is 14.6 Å². The van der Waals surface area contributed by atoms with Crippen molar-refractivity contribution in [2.75, 3.05) is 19.7 Å². The molecule has 0 amide bonds. The quantitative estimate of drug-likeness (QED) is 0.760. The van der Waals surface area contributed by atoms with Crippen LogP contribution in [0.4, 0.5) is 4.39 Å². The summed E-state index contributed by atoms with van der Waals surface area (Å²) >= 11 is 0. The Balaban J connectivity index is 2.16. The van der Waals surface area contributed by atoms with E-state index in [-0.39, 0.29) is 18.5 Å². The molecule has 0 bridgehead atoms. The first-order chi connectivity index (χ1) is 8.69.